The van der Waals surface area contributed by atoms with E-state index in [1.54, 1.807) is 29.2 Å². The fourth-order valence-electron chi connectivity index (χ4n) is 2.04. The molecule has 1 heterocycles. The Hall–Kier alpha value is -2.12. The van der Waals surface area contributed by atoms with E-state index in [1.165, 1.54) is 0 Å². The van der Waals surface area contributed by atoms with Gasteiger partial charge in [0.2, 0.25) is 0 Å². The largest absolute Gasteiger partial charge is 0.394 e. The van der Waals surface area contributed by atoms with Gasteiger partial charge in [-0.1, -0.05) is 0 Å². The molecule has 0 bridgehead atoms. The zero-order valence-electron chi connectivity index (χ0n) is 10.9. The fraction of sp³-hybridized carbons (Fsp3) is 0.385. The van der Waals surface area contributed by atoms with E-state index in [1.807, 2.05) is 0 Å². The molecule has 1 aromatic carbocycles. The van der Waals surface area contributed by atoms with Gasteiger partial charge >= 0.3 is 6.03 Å². The molecule has 20 heavy (non-hydrogen) atoms. The number of aliphatic hydroxyl groups excluding tert-OH is 1. The fourth-order valence-corrected chi connectivity index (χ4v) is 2.04. The predicted octanol–water partition coefficient (Wildman–Crippen LogP) is 0.0105. The van der Waals surface area contributed by atoms with E-state index < -0.39 is 6.03 Å². The van der Waals surface area contributed by atoms with Crippen molar-refractivity contribution in [3.8, 4) is 0 Å². The van der Waals surface area contributed by atoms with Crippen LogP contribution in [-0.2, 0) is 4.74 Å². The third-order valence-corrected chi connectivity index (χ3v) is 3.03. The first-order valence-electron chi connectivity index (χ1n) is 6.28. The highest BCUT2D eigenvalue weighted by Gasteiger charge is 2.24. The molecule has 1 aliphatic rings. The minimum Gasteiger partial charge on any atom is -0.394 e. The van der Waals surface area contributed by atoms with E-state index in [0.717, 1.165) is 0 Å². The Bertz CT molecular complexity index is 489. The molecule has 1 unspecified atom stereocenters. The van der Waals surface area contributed by atoms with Crippen molar-refractivity contribution >= 4 is 17.6 Å². The highest BCUT2D eigenvalue weighted by Crippen LogP contribution is 2.14. The number of carbonyl (C=O) groups excluding carboxylic acids is 2. The Morgan fingerprint density at radius 2 is 2.10 bits per heavy atom. The highest BCUT2D eigenvalue weighted by molar-refractivity contribution is 5.95. The maximum atomic E-state index is 12.3. The van der Waals surface area contributed by atoms with Gasteiger partial charge in [-0.25, -0.2) is 4.79 Å². The molecule has 108 valence electrons. The average Bonchev–Trinajstić information content (AvgIpc) is 2.47. The highest BCUT2D eigenvalue weighted by atomic mass is 16.5. The van der Waals surface area contributed by atoms with Crippen molar-refractivity contribution < 1.29 is 19.4 Å². The first-order chi connectivity index (χ1) is 9.60. The van der Waals surface area contributed by atoms with E-state index in [9.17, 15) is 9.59 Å². The number of nitrogens with zero attached hydrogens (tertiary/aromatic N) is 1. The minimum atomic E-state index is -0.650. The number of hydrogen-bond acceptors (Lipinski definition) is 4. The number of nitrogens with one attached hydrogen (secondary N) is 1. The quantitative estimate of drug-likeness (QED) is 0.724. The van der Waals surface area contributed by atoms with Crippen LogP contribution in [0.5, 0.6) is 0 Å². The second kappa shape index (κ2) is 6.36. The van der Waals surface area contributed by atoms with Crippen LogP contribution >= 0.6 is 0 Å². The molecule has 7 heteroatoms. The lowest BCUT2D eigenvalue weighted by molar-refractivity contribution is -0.0447. The number of hydrogen-bond donors (Lipinski definition) is 3. The molecule has 0 aromatic heterocycles. The monoisotopic (exact) mass is 279 g/mol. The predicted molar refractivity (Wildman–Crippen MR) is 72.4 cm³/mol. The van der Waals surface area contributed by atoms with E-state index in [-0.39, 0.29) is 18.6 Å². The van der Waals surface area contributed by atoms with Crippen LogP contribution in [0.15, 0.2) is 24.3 Å². The third kappa shape index (κ3) is 3.46. The standard InChI is InChI=1S/C13H17N3O4/c14-13(19)15-10-3-1-9(2-4-10)12(18)16-5-6-20-11(7-16)8-17/h1-4,11,17H,5-8H2,(H3,14,15,19). The number of aliphatic hydroxyl groups is 1. The second-order valence-corrected chi connectivity index (χ2v) is 4.49. The summed E-state index contributed by atoms with van der Waals surface area (Å²) in [5.41, 5.74) is 6.05. The number of morpholine rings is 1. The maximum absolute atomic E-state index is 12.3. The SMILES string of the molecule is NC(=O)Nc1ccc(C(=O)N2CCOC(CO)C2)cc1. The van der Waals surface area contributed by atoms with Crippen molar-refractivity contribution in [3.63, 3.8) is 0 Å². The number of carbonyl (C=O) groups is 2. The van der Waals surface area contributed by atoms with Gasteiger partial charge in [0.25, 0.3) is 5.91 Å². The Morgan fingerprint density at radius 3 is 2.70 bits per heavy atom. The minimum absolute atomic E-state index is 0.106. The lowest BCUT2D eigenvalue weighted by Gasteiger charge is -2.32. The summed E-state index contributed by atoms with van der Waals surface area (Å²) >= 11 is 0. The van der Waals surface area contributed by atoms with Crippen molar-refractivity contribution in [2.45, 2.75) is 6.10 Å². The van der Waals surface area contributed by atoms with E-state index in [2.05, 4.69) is 5.32 Å². The first kappa shape index (κ1) is 14.3. The molecule has 1 aromatic rings. The van der Waals surface area contributed by atoms with E-state index in [4.69, 9.17) is 15.6 Å². The molecule has 1 aliphatic heterocycles. The molecule has 4 N–H and O–H groups in total. The number of benzene rings is 1. The Balaban J connectivity index is 2.03. The molecular weight excluding hydrogens is 262 g/mol. The number of amides is 3. The van der Waals surface area contributed by atoms with Gasteiger partial charge in [-0.3, -0.25) is 4.79 Å². The van der Waals surface area contributed by atoms with Crippen LogP contribution in [-0.4, -0.2) is 54.4 Å². The van der Waals surface area contributed by atoms with Crippen LogP contribution in [0.3, 0.4) is 0 Å². The molecule has 0 radical (unpaired) electrons. The number of ether oxygens (including phenoxy) is 1. The number of urea groups is 1. The summed E-state index contributed by atoms with van der Waals surface area (Å²) in [6.07, 6.45) is -0.330. The zero-order valence-corrected chi connectivity index (χ0v) is 10.9. The molecule has 3 amide bonds. The number of primary amides is 1. The normalized spacial score (nSPS) is 18.6. The van der Waals surface area contributed by atoms with Gasteiger partial charge in [0, 0.05) is 24.3 Å². The number of rotatable bonds is 3. The smallest absolute Gasteiger partial charge is 0.316 e. The summed E-state index contributed by atoms with van der Waals surface area (Å²) in [7, 11) is 0. The van der Waals surface area contributed by atoms with Crippen molar-refractivity contribution in [1.82, 2.24) is 4.90 Å². The first-order valence-corrected chi connectivity index (χ1v) is 6.28. The van der Waals surface area contributed by atoms with Crippen LogP contribution in [0.1, 0.15) is 10.4 Å². The van der Waals surface area contributed by atoms with Gasteiger partial charge in [0.05, 0.1) is 19.3 Å². The Kier molecular flexibility index (Phi) is 4.54. The summed E-state index contributed by atoms with van der Waals surface area (Å²) < 4.78 is 5.30. The van der Waals surface area contributed by atoms with Crippen LogP contribution in [0.4, 0.5) is 10.5 Å². The van der Waals surface area contributed by atoms with Crippen LogP contribution in [0, 0.1) is 0 Å². The van der Waals surface area contributed by atoms with Crippen LogP contribution in [0.2, 0.25) is 0 Å². The van der Waals surface area contributed by atoms with Gasteiger partial charge < -0.3 is 25.8 Å². The van der Waals surface area contributed by atoms with Crippen molar-refractivity contribution in [2.24, 2.45) is 5.73 Å². The summed E-state index contributed by atoms with van der Waals surface area (Å²) in [5, 5.41) is 11.5. The van der Waals surface area contributed by atoms with Crippen LogP contribution in [0.25, 0.3) is 0 Å². The van der Waals surface area contributed by atoms with Crippen molar-refractivity contribution in [3.05, 3.63) is 29.8 Å². The van der Waals surface area contributed by atoms with E-state index >= 15 is 0 Å². The molecule has 0 spiro atoms. The Labute approximate surface area is 116 Å². The number of nitrogens with two attached hydrogens (primary N) is 1. The van der Waals surface area contributed by atoms with Gasteiger partial charge in [-0.15, -0.1) is 0 Å². The average molecular weight is 279 g/mol. The summed E-state index contributed by atoms with van der Waals surface area (Å²) in [4.78, 5) is 24.6. The van der Waals surface area contributed by atoms with Gasteiger partial charge in [0.1, 0.15) is 0 Å². The molecule has 0 saturated carbocycles. The lowest BCUT2D eigenvalue weighted by Crippen LogP contribution is -2.46. The molecular formula is C13H17N3O4. The molecule has 2 rings (SSSR count). The van der Waals surface area contributed by atoms with Crippen molar-refractivity contribution in [1.29, 1.82) is 0 Å². The summed E-state index contributed by atoms with van der Waals surface area (Å²) in [6, 6.07) is 5.82. The van der Waals surface area contributed by atoms with Crippen LogP contribution < -0.4 is 11.1 Å². The van der Waals surface area contributed by atoms with E-state index in [0.29, 0.717) is 30.9 Å². The lowest BCUT2D eigenvalue weighted by atomic mass is 10.1. The zero-order chi connectivity index (χ0) is 14.5. The second-order valence-electron chi connectivity index (χ2n) is 4.49. The molecule has 1 fully saturated rings. The molecule has 0 aliphatic carbocycles. The molecule has 7 nitrogen and oxygen atoms in total. The van der Waals surface area contributed by atoms with Gasteiger partial charge in [-0.05, 0) is 24.3 Å². The third-order valence-electron chi connectivity index (χ3n) is 3.03. The number of anilines is 1. The van der Waals surface area contributed by atoms with Crippen molar-refractivity contribution in [2.75, 3.05) is 31.6 Å². The summed E-state index contributed by atoms with van der Waals surface area (Å²) in [6.45, 7) is 1.18. The molecule has 1 atom stereocenters. The topological polar surface area (TPSA) is 105 Å². The molecule has 1 saturated heterocycles. The van der Waals surface area contributed by atoms with Gasteiger partial charge in [0.15, 0.2) is 0 Å². The summed E-state index contributed by atoms with van der Waals surface area (Å²) in [5.74, 6) is -0.127. The van der Waals surface area contributed by atoms with Gasteiger partial charge in [-0.2, -0.15) is 0 Å². The maximum Gasteiger partial charge on any atom is 0.316 e. The Morgan fingerprint density at radius 1 is 1.40 bits per heavy atom.